The van der Waals surface area contributed by atoms with Crippen LogP contribution in [0.5, 0.6) is 0 Å². The second-order valence-corrected chi connectivity index (χ2v) is 4.35. The average molecular weight is 234 g/mol. The summed E-state index contributed by atoms with van der Waals surface area (Å²) in [6, 6.07) is 16.9. The molecule has 2 aromatic carbocycles. The third-order valence-corrected chi connectivity index (χ3v) is 3.11. The fraction of sp³-hybridized carbons (Fsp3) is 0.0625. The molecule has 0 fully saturated rings. The van der Waals surface area contributed by atoms with Crippen LogP contribution in [0.2, 0.25) is 0 Å². The normalized spacial score (nSPS) is 10.7. The number of pyridine rings is 1. The van der Waals surface area contributed by atoms with Gasteiger partial charge in [0.1, 0.15) is 0 Å². The molecule has 0 atom stereocenters. The number of aromatic nitrogens is 1. The Hall–Kier alpha value is -2.19. The van der Waals surface area contributed by atoms with Crippen LogP contribution in [0.3, 0.4) is 0 Å². The van der Waals surface area contributed by atoms with Crippen LogP contribution in [0.15, 0.2) is 60.9 Å². The Balaban J connectivity index is 2.13. The van der Waals surface area contributed by atoms with Gasteiger partial charge in [0.15, 0.2) is 0 Å². The number of fused-ring (bicyclic) bond motifs is 1. The van der Waals surface area contributed by atoms with Gasteiger partial charge in [-0.1, -0.05) is 36.4 Å². The molecule has 3 rings (SSSR count). The molecule has 18 heavy (non-hydrogen) atoms. The molecule has 0 amide bonds. The summed E-state index contributed by atoms with van der Waals surface area (Å²) in [4.78, 5) is 4.23. The maximum absolute atomic E-state index is 5.65. The summed E-state index contributed by atoms with van der Waals surface area (Å²) in [7, 11) is 0. The molecule has 0 saturated carbocycles. The van der Waals surface area contributed by atoms with Crippen molar-refractivity contribution >= 4 is 10.8 Å². The maximum atomic E-state index is 5.65. The van der Waals surface area contributed by atoms with E-state index in [1.165, 1.54) is 16.3 Å². The molecule has 0 aliphatic heterocycles. The Bertz CT molecular complexity index is 689. The van der Waals surface area contributed by atoms with Gasteiger partial charge in [0.2, 0.25) is 0 Å². The molecule has 2 N–H and O–H groups in total. The average Bonchev–Trinajstić information content (AvgIpc) is 2.47. The van der Waals surface area contributed by atoms with Gasteiger partial charge in [-0.2, -0.15) is 0 Å². The number of hydrogen-bond acceptors (Lipinski definition) is 2. The highest BCUT2D eigenvalue weighted by Gasteiger charge is 2.01. The van der Waals surface area contributed by atoms with E-state index in [9.17, 15) is 0 Å². The Morgan fingerprint density at radius 2 is 1.67 bits per heavy atom. The minimum Gasteiger partial charge on any atom is -0.326 e. The lowest BCUT2D eigenvalue weighted by atomic mass is 10.0. The van der Waals surface area contributed by atoms with E-state index in [0.717, 1.165) is 11.1 Å². The van der Waals surface area contributed by atoms with Crippen LogP contribution in [-0.4, -0.2) is 4.98 Å². The van der Waals surface area contributed by atoms with Crippen LogP contribution in [0.4, 0.5) is 0 Å². The predicted molar refractivity (Wildman–Crippen MR) is 75.1 cm³/mol. The van der Waals surface area contributed by atoms with Gasteiger partial charge in [0.05, 0.1) is 0 Å². The molecule has 0 aliphatic rings. The highest BCUT2D eigenvalue weighted by molar-refractivity contribution is 5.87. The van der Waals surface area contributed by atoms with Gasteiger partial charge in [0, 0.05) is 24.5 Å². The highest BCUT2D eigenvalue weighted by atomic mass is 14.6. The third-order valence-electron chi connectivity index (χ3n) is 3.11. The summed E-state index contributed by atoms with van der Waals surface area (Å²) < 4.78 is 0. The van der Waals surface area contributed by atoms with Gasteiger partial charge in [-0.3, -0.25) is 4.98 Å². The monoisotopic (exact) mass is 234 g/mol. The van der Waals surface area contributed by atoms with E-state index in [1.54, 1.807) is 0 Å². The molecule has 0 aliphatic carbocycles. The minimum atomic E-state index is 0.522. The first-order valence-corrected chi connectivity index (χ1v) is 6.00. The van der Waals surface area contributed by atoms with Crippen molar-refractivity contribution in [3.05, 3.63) is 66.5 Å². The van der Waals surface area contributed by atoms with Crippen LogP contribution < -0.4 is 5.73 Å². The molecular formula is C16H14N2. The molecule has 88 valence electrons. The van der Waals surface area contributed by atoms with Gasteiger partial charge >= 0.3 is 0 Å². The Kier molecular flexibility index (Phi) is 2.79. The Morgan fingerprint density at radius 3 is 2.50 bits per heavy atom. The lowest BCUT2D eigenvalue weighted by Gasteiger charge is -2.05. The zero-order valence-electron chi connectivity index (χ0n) is 10.0. The zero-order valence-corrected chi connectivity index (χ0v) is 10.0. The summed E-state index contributed by atoms with van der Waals surface area (Å²) in [5.74, 6) is 0. The maximum Gasteiger partial charge on any atom is 0.0346 e. The van der Waals surface area contributed by atoms with E-state index in [-0.39, 0.29) is 0 Å². The quantitative estimate of drug-likeness (QED) is 0.738. The van der Waals surface area contributed by atoms with Crippen molar-refractivity contribution in [1.29, 1.82) is 0 Å². The molecule has 1 aromatic heterocycles. The van der Waals surface area contributed by atoms with Gasteiger partial charge in [-0.25, -0.2) is 0 Å². The molecule has 0 unspecified atom stereocenters. The van der Waals surface area contributed by atoms with E-state index < -0.39 is 0 Å². The van der Waals surface area contributed by atoms with Gasteiger partial charge < -0.3 is 5.73 Å². The number of benzene rings is 2. The van der Waals surface area contributed by atoms with Crippen LogP contribution in [0.25, 0.3) is 21.9 Å². The molecule has 0 spiro atoms. The molecule has 0 radical (unpaired) electrons. The largest absolute Gasteiger partial charge is 0.326 e. The Morgan fingerprint density at radius 1 is 0.833 bits per heavy atom. The van der Waals surface area contributed by atoms with Gasteiger partial charge in [-0.15, -0.1) is 0 Å². The number of hydrogen-bond donors (Lipinski definition) is 1. The van der Waals surface area contributed by atoms with E-state index in [4.69, 9.17) is 5.73 Å². The van der Waals surface area contributed by atoms with Gasteiger partial charge in [0.25, 0.3) is 0 Å². The molecule has 2 heteroatoms. The first-order chi connectivity index (χ1) is 8.86. The SMILES string of the molecule is NCc1cncc(-c2ccc3ccccc3c2)c1. The van der Waals surface area contributed by atoms with Crippen molar-refractivity contribution in [2.45, 2.75) is 6.54 Å². The zero-order chi connectivity index (χ0) is 12.4. The Labute approximate surface area is 106 Å². The minimum absolute atomic E-state index is 0.522. The van der Waals surface area contributed by atoms with Crippen molar-refractivity contribution in [1.82, 2.24) is 4.98 Å². The number of nitrogens with two attached hydrogens (primary N) is 1. The van der Waals surface area contributed by atoms with Crippen molar-refractivity contribution in [2.24, 2.45) is 5.73 Å². The fourth-order valence-corrected chi connectivity index (χ4v) is 2.13. The molecular weight excluding hydrogens is 220 g/mol. The summed E-state index contributed by atoms with van der Waals surface area (Å²) in [5.41, 5.74) is 9.00. The second-order valence-electron chi connectivity index (χ2n) is 4.35. The number of rotatable bonds is 2. The first-order valence-electron chi connectivity index (χ1n) is 6.00. The van der Waals surface area contributed by atoms with Crippen molar-refractivity contribution in [3.8, 4) is 11.1 Å². The summed E-state index contributed by atoms with van der Waals surface area (Å²) in [6.45, 7) is 0.522. The van der Waals surface area contributed by atoms with Crippen LogP contribution in [0, 0.1) is 0 Å². The van der Waals surface area contributed by atoms with E-state index >= 15 is 0 Å². The lowest BCUT2D eigenvalue weighted by molar-refractivity contribution is 1.05. The molecule has 0 saturated heterocycles. The topological polar surface area (TPSA) is 38.9 Å². The smallest absolute Gasteiger partial charge is 0.0346 e. The van der Waals surface area contributed by atoms with E-state index in [2.05, 4.69) is 53.5 Å². The van der Waals surface area contributed by atoms with Crippen LogP contribution >= 0.6 is 0 Å². The first kappa shape index (κ1) is 10.9. The van der Waals surface area contributed by atoms with Crippen molar-refractivity contribution < 1.29 is 0 Å². The second kappa shape index (κ2) is 4.59. The van der Waals surface area contributed by atoms with Crippen molar-refractivity contribution in [2.75, 3.05) is 0 Å². The molecule has 3 aromatic rings. The summed E-state index contributed by atoms with van der Waals surface area (Å²) in [5, 5.41) is 2.50. The van der Waals surface area contributed by atoms with Crippen molar-refractivity contribution in [3.63, 3.8) is 0 Å². The number of nitrogens with zero attached hydrogens (tertiary/aromatic N) is 1. The molecule has 0 bridgehead atoms. The van der Waals surface area contributed by atoms with Crippen LogP contribution in [0.1, 0.15) is 5.56 Å². The predicted octanol–water partition coefficient (Wildman–Crippen LogP) is 3.36. The van der Waals surface area contributed by atoms with Crippen LogP contribution in [-0.2, 0) is 6.54 Å². The van der Waals surface area contributed by atoms with Gasteiger partial charge in [-0.05, 0) is 34.0 Å². The molecule has 1 heterocycles. The summed E-state index contributed by atoms with van der Waals surface area (Å²) >= 11 is 0. The third kappa shape index (κ3) is 1.98. The highest BCUT2D eigenvalue weighted by Crippen LogP contribution is 2.24. The molecule has 2 nitrogen and oxygen atoms in total. The summed E-state index contributed by atoms with van der Waals surface area (Å²) in [6.07, 6.45) is 3.69. The van der Waals surface area contributed by atoms with E-state index in [0.29, 0.717) is 6.54 Å². The lowest BCUT2D eigenvalue weighted by Crippen LogP contribution is -1.96. The fourth-order valence-electron chi connectivity index (χ4n) is 2.13. The van der Waals surface area contributed by atoms with E-state index in [1.807, 2.05) is 12.4 Å². The standard InChI is InChI=1S/C16H14N2/c17-9-12-7-16(11-18-10-12)15-6-5-13-3-1-2-4-14(13)8-15/h1-8,10-11H,9,17H2.